The second kappa shape index (κ2) is 11.4. The Morgan fingerprint density at radius 2 is 1.88 bits per heavy atom. The largest absolute Gasteiger partial charge is 0.354 e. The first-order valence-electron chi connectivity index (χ1n) is 10.4. The molecule has 0 saturated heterocycles. The molecular formula is C23H28ClN5O2S. The molecule has 0 saturated carbocycles. The van der Waals surface area contributed by atoms with Gasteiger partial charge in [-0.05, 0) is 54.8 Å². The number of rotatable bonds is 11. The Morgan fingerprint density at radius 1 is 1.09 bits per heavy atom. The van der Waals surface area contributed by atoms with E-state index in [1.54, 1.807) is 6.20 Å². The Kier molecular flexibility index (Phi) is 8.58. The molecule has 0 unspecified atom stereocenters. The molecule has 0 aliphatic heterocycles. The van der Waals surface area contributed by atoms with E-state index in [1.165, 1.54) is 10.6 Å². The highest BCUT2D eigenvalue weighted by atomic mass is 35.5. The van der Waals surface area contributed by atoms with Crippen molar-refractivity contribution in [3.8, 4) is 11.3 Å². The number of hydrogen-bond donors (Lipinski definition) is 2. The van der Waals surface area contributed by atoms with E-state index < -0.39 is 10.0 Å². The minimum atomic E-state index is -3.32. The summed E-state index contributed by atoms with van der Waals surface area (Å²) in [5.74, 6) is 0.538. The number of anilines is 1. The van der Waals surface area contributed by atoms with Crippen LogP contribution in [0.3, 0.4) is 0 Å². The van der Waals surface area contributed by atoms with Crippen molar-refractivity contribution in [3.63, 3.8) is 0 Å². The van der Waals surface area contributed by atoms with Gasteiger partial charge in [-0.3, -0.25) is 0 Å². The van der Waals surface area contributed by atoms with Crippen LogP contribution in [0.1, 0.15) is 17.5 Å². The predicted octanol–water partition coefficient (Wildman–Crippen LogP) is 3.56. The summed E-state index contributed by atoms with van der Waals surface area (Å²) >= 11 is 6.04. The van der Waals surface area contributed by atoms with Crippen LogP contribution in [0.4, 0.5) is 5.95 Å². The number of halogens is 1. The summed E-state index contributed by atoms with van der Waals surface area (Å²) < 4.78 is 25.7. The van der Waals surface area contributed by atoms with Crippen LogP contribution in [0, 0.1) is 0 Å². The zero-order valence-electron chi connectivity index (χ0n) is 18.0. The number of sulfonamides is 1. The normalized spacial score (nSPS) is 11.6. The van der Waals surface area contributed by atoms with Crippen LogP contribution in [0.5, 0.6) is 0 Å². The van der Waals surface area contributed by atoms with Crippen LogP contribution in [0.25, 0.3) is 11.3 Å². The summed E-state index contributed by atoms with van der Waals surface area (Å²) in [7, 11) is -3.32. The molecule has 0 fully saturated rings. The summed E-state index contributed by atoms with van der Waals surface area (Å²) in [5, 5.41) is 3.97. The van der Waals surface area contributed by atoms with Crippen molar-refractivity contribution in [3.05, 3.63) is 76.9 Å². The van der Waals surface area contributed by atoms with Gasteiger partial charge in [0.1, 0.15) is 0 Å². The molecule has 0 aliphatic carbocycles. The van der Waals surface area contributed by atoms with Crippen molar-refractivity contribution in [1.29, 1.82) is 0 Å². The van der Waals surface area contributed by atoms with Gasteiger partial charge in [0.2, 0.25) is 16.0 Å². The monoisotopic (exact) mass is 473 g/mol. The quantitative estimate of drug-likeness (QED) is 0.441. The van der Waals surface area contributed by atoms with E-state index in [-0.39, 0.29) is 0 Å². The minimum Gasteiger partial charge on any atom is -0.354 e. The van der Waals surface area contributed by atoms with Crippen molar-refractivity contribution >= 4 is 27.6 Å². The van der Waals surface area contributed by atoms with Crippen molar-refractivity contribution < 1.29 is 8.42 Å². The zero-order chi connectivity index (χ0) is 23.0. The lowest BCUT2D eigenvalue weighted by Crippen LogP contribution is -2.31. The van der Waals surface area contributed by atoms with Gasteiger partial charge in [-0.1, -0.05) is 41.9 Å². The van der Waals surface area contributed by atoms with Crippen LogP contribution in [0.2, 0.25) is 5.02 Å². The molecule has 3 rings (SSSR count). The zero-order valence-corrected chi connectivity index (χ0v) is 19.6. The number of benzene rings is 2. The lowest BCUT2D eigenvalue weighted by Gasteiger charge is -2.20. The standard InChI is InChI=1S/C23H28ClN5O2S/c1-32(30,31)29(14-4-11-25)17-19-6-2-7-20(15-19)22-10-13-27-23(28-22)26-12-9-18-5-3-8-21(24)16-18/h2-3,5-8,10,13,15-16H,4,9,11-12,14,17,25H2,1H3,(H,26,27,28). The summed E-state index contributed by atoms with van der Waals surface area (Å²) in [6, 6.07) is 17.3. The Morgan fingerprint density at radius 3 is 2.62 bits per heavy atom. The average molecular weight is 474 g/mol. The lowest BCUT2D eigenvalue weighted by molar-refractivity contribution is 0.405. The molecule has 3 aromatic rings. The van der Waals surface area contributed by atoms with Gasteiger partial charge in [-0.2, -0.15) is 4.31 Å². The number of aromatic nitrogens is 2. The van der Waals surface area contributed by atoms with Gasteiger partial charge in [0.15, 0.2) is 0 Å². The van der Waals surface area contributed by atoms with Crippen LogP contribution < -0.4 is 11.1 Å². The van der Waals surface area contributed by atoms with Gasteiger partial charge in [0.05, 0.1) is 11.9 Å². The van der Waals surface area contributed by atoms with Crippen LogP contribution in [0.15, 0.2) is 60.8 Å². The highest BCUT2D eigenvalue weighted by molar-refractivity contribution is 7.88. The van der Waals surface area contributed by atoms with Crippen LogP contribution in [-0.2, 0) is 23.0 Å². The number of hydrogen-bond acceptors (Lipinski definition) is 6. The molecule has 0 amide bonds. The summed E-state index contributed by atoms with van der Waals surface area (Å²) in [4.78, 5) is 8.92. The van der Waals surface area contributed by atoms with Crippen LogP contribution in [-0.4, -0.2) is 48.6 Å². The van der Waals surface area contributed by atoms with E-state index in [0.717, 1.165) is 33.8 Å². The van der Waals surface area contributed by atoms with Gasteiger partial charge < -0.3 is 11.1 Å². The Hall–Kier alpha value is -2.52. The third-order valence-electron chi connectivity index (χ3n) is 4.90. The molecule has 0 bridgehead atoms. The molecule has 0 atom stereocenters. The molecule has 170 valence electrons. The lowest BCUT2D eigenvalue weighted by atomic mass is 10.1. The van der Waals surface area contributed by atoms with Gasteiger partial charge in [0, 0.05) is 36.4 Å². The van der Waals surface area contributed by atoms with E-state index in [1.807, 2.05) is 54.6 Å². The third-order valence-corrected chi connectivity index (χ3v) is 6.39. The average Bonchev–Trinajstić information content (AvgIpc) is 2.76. The molecular weight excluding hydrogens is 446 g/mol. The number of nitrogens with two attached hydrogens (primary N) is 1. The molecule has 2 aromatic carbocycles. The fraction of sp³-hybridized carbons (Fsp3) is 0.304. The summed E-state index contributed by atoms with van der Waals surface area (Å²) in [6.07, 6.45) is 4.34. The number of nitrogens with zero attached hydrogens (tertiary/aromatic N) is 3. The molecule has 9 heteroatoms. The first kappa shape index (κ1) is 24.1. The smallest absolute Gasteiger partial charge is 0.223 e. The second-order valence-electron chi connectivity index (χ2n) is 7.51. The minimum absolute atomic E-state index is 0.294. The SMILES string of the molecule is CS(=O)(=O)N(CCCN)Cc1cccc(-c2ccnc(NCCc3cccc(Cl)c3)n2)c1. The molecule has 0 spiro atoms. The van der Waals surface area contributed by atoms with Gasteiger partial charge in [0.25, 0.3) is 0 Å². The Bertz CT molecular complexity index is 1140. The highest BCUT2D eigenvalue weighted by Gasteiger charge is 2.16. The molecule has 0 aliphatic rings. The van der Waals surface area contributed by atoms with Gasteiger partial charge >= 0.3 is 0 Å². The molecule has 0 radical (unpaired) electrons. The summed E-state index contributed by atoms with van der Waals surface area (Å²) in [5.41, 5.74) is 9.24. The van der Waals surface area contributed by atoms with Crippen molar-refractivity contribution in [2.45, 2.75) is 19.4 Å². The Balaban J connectivity index is 1.69. The molecule has 3 N–H and O–H groups in total. The fourth-order valence-electron chi connectivity index (χ4n) is 3.28. The molecule has 32 heavy (non-hydrogen) atoms. The maximum Gasteiger partial charge on any atom is 0.223 e. The van der Waals surface area contributed by atoms with E-state index in [2.05, 4.69) is 15.3 Å². The first-order valence-corrected chi connectivity index (χ1v) is 12.6. The maximum atomic E-state index is 12.1. The molecule has 7 nitrogen and oxygen atoms in total. The predicted molar refractivity (Wildman–Crippen MR) is 130 cm³/mol. The van der Waals surface area contributed by atoms with E-state index in [0.29, 0.717) is 38.5 Å². The highest BCUT2D eigenvalue weighted by Crippen LogP contribution is 2.21. The fourth-order valence-corrected chi connectivity index (χ4v) is 4.34. The molecule has 1 aromatic heterocycles. The molecule has 1 heterocycles. The van der Waals surface area contributed by atoms with Gasteiger partial charge in [-0.25, -0.2) is 18.4 Å². The first-order chi connectivity index (χ1) is 15.3. The van der Waals surface area contributed by atoms with Crippen molar-refractivity contribution in [2.75, 3.05) is 31.2 Å². The van der Waals surface area contributed by atoms with Crippen molar-refractivity contribution in [2.24, 2.45) is 5.73 Å². The van der Waals surface area contributed by atoms with E-state index in [9.17, 15) is 8.42 Å². The van der Waals surface area contributed by atoms with E-state index >= 15 is 0 Å². The summed E-state index contributed by atoms with van der Waals surface area (Å²) in [6.45, 7) is 1.81. The number of nitrogens with one attached hydrogen (secondary N) is 1. The van der Waals surface area contributed by atoms with E-state index in [4.69, 9.17) is 17.3 Å². The third kappa shape index (κ3) is 7.27. The topological polar surface area (TPSA) is 101 Å². The Labute approximate surface area is 194 Å². The van der Waals surface area contributed by atoms with Crippen LogP contribution >= 0.6 is 11.6 Å². The second-order valence-corrected chi connectivity index (χ2v) is 9.93. The maximum absolute atomic E-state index is 12.1. The van der Waals surface area contributed by atoms with Gasteiger partial charge in [-0.15, -0.1) is 0 Å². The van der Waals surface area contributed by atoms with Crippen molar-refractivity contribution in [1.82, 2.24) is 14.3 Å².